The summed E-state index contributed by atoms with van der Waals surface area (Å²) >= 11 is 1.75. The van der Waals surface area contributed by atoms with Crippen LogP contribution in [0.5, 0.6) is 11.5 Å². The highest BCUT2D eigenvalue weighted by atomic mass is 32.2. The minimum absolute atomic E-state index is 0.104. The maximum atomic E-state index is 9.54. The fraction of sp³-hybridized carbons (Fsp3) is 0.200. The summed E-state index contributed by atoms with van der Waals surface area (Å²) in [4.78, 5) is 0. The first kappa shape index (κ1) is 8.51. The van der Waals surface area contributed by atoms with E-state index in [9.17, 15) is 5.11 Å². The molecule has 0 atom stereocenters. The summed E-state index contributed by atoms with van der Waals surface area (Å²) in [7, 11) is 0. The molecule has 2 rings (SSSR count). The molecule has 68 valence electrons. The third-order valence-corrected chi connectivity index (χ3v) is 2.93. The predicted molar refractivity (Wildman–Crippen MR) is 54.8 cm³/mol. The van der Waals surface area contributed by atoms with Crippen molar-refractivity contribution in [2.75, 3.05) is 5.75 Å². The monoisotopic (exact) mass is 194 g/mol. The maximum Gasteiger partial charge on any atom is 0.126 e. The zero-order chi connectivity index (χ0) is 9.26. The number of aromatic hydroxyl groups is 2. The van der Waals surface area contributed by atoms with E-state index in [-0.39, 0.29) is 11.5 Å². The fourth-order valence-corrected chi connectivity index (χ4v) is 2.28. The molecule has 0 unspecified atom stereocenters. The minimum Gasteiger partial charge on any atom is -0.508 e. The van der Waals surface area contributed by atoms with Crippen LogP contribution < -0.4 is 0 Å². The van der Waals surface area contributed by atoms with Crippen LogP contribution in [0.4, 0.5) is 0 Å². The number of allylic oxidation sites excluding steroid dienone is 1. The van der Waals surface area contributed by atoms with Crippen LogP contribution >= 0.6 is 11.8 Å². The molecular weight excluding hydrogens is 184 g/mol. The average Bonchev–Trinajstić information content (AvgIpc) is 2.56. The highest BCUT2D eigenvalue weighted by Crippen LogP contribution is 2.36. The molecular formula is C10H10O2S. The zero-order valence-electron chi connectivity index (χ0n) is 7.03. The van der Waals surface area contributed by atoms with Crippen molar-refractivity contribution >= 4 is 17.3 Å². The van der Waals surface area contributed by atoms with Crippen molar-refractivity contribution in [3.63, 3.8) is 0 Å². The molecule has 1 aromatic rings. The van der Waals surface area contributed by atoms with Crippen molar-refractivity contribution in [1.82, 2.24) is 0 Å². The van der Waals surface area contributed by atoms with E-state index in [2.05, 4.69) is 5.41 Å². The molecule has 1 aromatic carbocycles. The van der Waals surface area contributed by atoms with E-state index in [1.54, 1.807) is 23.9 Å². The van der Waals surface area contributed by atoms with Gasteiger partial charge in [-0.25, -0.2) is 0 Å². The number of phenolic OH excluding ortho intramolecular Hbond substituents is 2. The van der Waals surface area contributed by atoms with Gasteiger partial charge >= 0.3 is 0 Å². The quantitative estimate of drug-likeness (QED) is 0.721. The standard InChI is InChI=1S/C10H10O2S/c11-8-1-2-9(10(12)5-8)7-3-4-13-6-7/h1-2,5-6,11-12H,3-4H2. The molecule has 2 nitrogen and oxygen atoms in total. The highest BCUT2D eigenvalue weighted by Gasteiger charge is 2.11. The second-order valence-corrected chi connectivity index (χ2v) is 3.94. The summed E-state index contributed by atoms with van der Waals surface area (Å²) in [6.07, 6.45) is 0.989. The Morgan fingerprint density at radius 2 is 2.08 bits per heavy atom. The zero-order valence-corrected chi connectivity index (χ0v) is 7.84. The molecule has 0 bridgehead atoms. The number of phenols is 2. The SMILES string of the molecule is Oc1ccc(C2=CSCC2)c(O)c1. The van der Waals surface area contributed by atoms with E-state index >= 15 is 0 Å². The first-order valence-electron chi connectivity index (χ1n) is 4.10. The molecule has 0 saturated heterocycles. The van der Waals surface area contributed by atoms with Crippen LogP contribution in [0.1, 0.15) is 12.0 Å². The lowest BCUT2D eigenvalue weighted by molar-refractivity contribution is 0.449. The van der Waals surface area contributed by atoms with Gasteiger partial charge in [0, 0.05) is 17.4 Å². The summed E-state index contributed by atoms with van der Waals surface area (Å²) in [5, 5.41) is 20.7. The third-order valence-electron chi connectivity index (χ3n) is 2.04. The van der Waals surface area contributed by atoms with Crippen LogP contribution in [0, 0.1) is 0 Å². The molecule has 3 heteroatoms. The number of hydrogen-bond donors (Lipinski definition) is 2. The first-order chi connectivity index (χ1) is 6.27. The number of thioether (sulfide) groups is 1. The van der Waals surface area contributed by atoms with Crippen LogP contribution in [0.25, 0.3) is 5.57 Å². The Labute approximate surface area is 80.9 Å². The van der Waals surface area contributed by atoms with Crippen LogP contribution in [-0.4, -0.2) is 16.0 Å². The molecule has 1 aliphatic rings. The van der Waals surface area contributed by atoms with Gasteiger partial charge in [-0.2, -0.15) is 0 Å². The molecule has 0 fully saturated rings. The summed E-state index contributed by atoms with van der Waals surface area (Å²) in [5.74, 6) is 1.34. The van der Waals surface area contributed by atoms with Gasteiger partial charge in [-0.1, -0.05) is 0 Å². The molecule has 0 aromatic heterocycles. The summed E-state index contributed by atoms with van der Waals surface area (Å²) < 4.78 is 0. The Balaban J connectivity index is 2.40. The van der Waals surface area contributed by atoms with Crippen LogP contribution in [0.2, 0.25) is 0 Å². The van der Waals surface area contributed by atoms with Gasteiger partial charge < -0.3 is 10.2 Å². The summed E-state index contributed by atoms with van der Waals surface area (Å²) in [6, 6.07) is 4.72. The topological polar surface area (TPSA) is 40.5 Å². The number of benzene rings is 1. The molecule has 13 heavy (non-hydrogen) atoms. The average molecular weight is 194 g/mol. The lowest BCUT2D eigenvalue weighted by atomic mass is 10.0. The van der Waals surface area contributed by atoms with Gasteiger partial charge in [0.15, 0.2) is 0 Å². The number of rotatable bonds is 1. The van der Waals surface area contributed by atoms with Gasteiger partial charge in [0.05, 0.1) is 0 Å². The van der Waals surface area contributed by atoms with Gasteiger partial charge in [0.2, 0.25) is 0 Å². The summed E-state index contributed by atoms with van der Waals surface area (Å²) in [5.41, 5.74) is 1.99. The minimum atomic E-state index is 0.104. The maximum absolute atomic E-state index is 9.54. The highest BCUT2D eigenvalue weighted by molar-refractivity contribution is 8.02. The Morgan fingerprint density at radius 1 is 1.23 bits per heavy atom. The van der Waals surface area contributed by atoms with Crippen molar-refractivity contribution in [3.05, 3.63) is 29.2 Å². The largest absolute Gasteiger partial charge is 0.508 e. The first-order valence-corrected chi connectivity index (χ1v) is 5.15. The van der Waals surface area contributed by atoms with Crippen LogP contribution in [0.3, 0.4) is 0 Å². The van der Waals surface area contributed by atoms with E-state index in [0.29, 0.717) is 0 Å². The summed E-state index contributed by atoms with van der Waals surface area (Å²) in [6.45, 7) is 0. The Bertz CT molecular complexity index is 358. The van der Waals surface area contributed by atoms with E-state index < -0.39 is 0 Å². The normalized spacial score (nSPS) is 15.8. The lowest BCUT2D eigenvalue weighted by Gasteiger charge is -2.04. The van der Waals surface area contributed by atoms with Crippen molar-refractivity contribution in [1.29, 1.82) is 0 Å². The van der Waals surface area contributed by atoms with E-state index in [1.807, 2.05) is 0 Å². The lowest BCUT2D eigenvalue weighted by Crippen LogP contribution is -1.82. The molecule has 1 heterocycles. The Kier molecular flexibility index (Phi) is 2.19. The predicted octanol–water partition coefficient (Wildman–Crippen LogP) is 2.58. The van der Waals surface area contributed by atoms with Crippen LogP contribution in [-0.2, 0) is 0 Å². The van der Waals surface area contributed by atoms with E-state index in [0.717, 1.165) is 23.3 Å². The van der Waals surface area contributed by atoms with Gasteiger partial charge in [-0.3, -0.25) is 0 Å². The molecule has 0 aliphatic carbocycles. The van der Waals surface area contributed by atoms with Crippen molar-refractivity contribution in [2.45, 2.75) is 6.42 Å². The molecule has 0 saturated carbocycles. The van der Waals surface area contributed by atoms with Gasteiger partial charge in [-0.15, -0.1) is 11.8 Å². The van der Waals surface area contributed by atoms with Crippen molar-refractivity contribution in [2.24, 2.45) is 0 Å². The van der Waals surface area contributed by atoms with Crippen molar-refractivity contribution < 1.29 is 10.2 Å². The number of hydrogen-bond acceptors (Lipinski definition) is 3. The van der Waals surface area contributed by atoms with Gasteiger partial charge in [0.25, 0.3) is 0 Å². The molecule has 2 N–H and O–H groups in total. The Hall–Kier alpha value is -1.09. The van der Waals surface area contributed by atoms with Crippen LogP contribution in [0.15, 0.2) is 23.6 Å². The fourth-order valence-electron chi connectivity index (χ4n) is 1.38. The van der Waals surface area contributed by atoms with Gasteiger partial charge in [0.1, 0.15) is 11.5 Å². The molecule has 0 radical (unpaired) electrons. The third kappa shape index (κ3) is 1.65. The Morgan fingerprint density at radius 3 is 2.69 bits per heavy atom. The van der Waals surface area contributed by atoms with E-state index in [4.69, 9.17) is 5.11 Å². The van der Waals surface area contributed by atoms with E-state index in [1.165, 1.54) is 6.07 Å². The van der Waals surface area contributed by atoms with Gasteiger partial charge in [-0.05, 0) is 29.5 Å². The molecule has 0 spiro atoms. The smallest absolute Gasteiger partial charge is 0.126 e. The van der Waals surface area contributed by atoms with Crippen molar-refractivity contribution in [3.8, 4) is 11.5 Å². The molecule has 0 amide bonds. The second kappa shape index (κ2) is 3.34. The second-order valence-electron chi connectivity index (χ2n) is 2.97. The molecule has 1 aliphatic heterocycles.